The van der Waals surface area contributed by atoms with Gasteiger partial charge in [-0.1, -0.05) is 30.3 Å². The fourth-order valence-electron chi connectivity index (χ4n) is 2.27. The summed E-state index contributed by atoms with van der Waals surface area (Å²) < 4.78 is 16.1. The Morgan fingerprint density at radius 1 is 0.714 bits per heavy atom. The van der Waals surface area contributed by atoms with Crippen LogP contribution in [0, 0.1) is 0 Å². The van der Waals surface area contributed by atoms with Gasteiger partial charge in [0.25, 0.3) is 0 Å². The van der Waals surface area contributed by atoms with Crippen molar-refractivity contribution in [3.8, 4) is 17.2 Å². The molecule has 0 unspecified atom stereocenters. The standard InChI is InChI=1S/C17H21NO3/c1-19-15-9-5-4-7-13(15)11-18-12-14-8-6-10-16(20-2)17(14)21-3/h4-10,18H,11-12H2,1-3H3. The second kappa shape index (κ2) is 7.55. The largest absolute Gasteiger partial charge is 0.496 e. The molecular formula is C17H21NO3. The van der Waals surface area contributed by atoms with Crippen LogP contribution in [0.4, 0.5) is 0 Å². The summed E-state index contributed by atoms with van der Waals surface area (Å²) in [6.45, 7) is 1.42. The van der Waals surface area contributed by atoms with Gasteiger partial charge in [0.1, 0.15) is 5.75 Å². The summed E-state index contributed by atoms with van der Waals surface area (Å²) in [6, 6.07) is 13.9. The first-order valence-electron chi connectivity index (χ1n) is 6.82. The Morgan fingerprint density at radius 2 is 1.33 bits per heavy atom. The molecule has 0 atom stereocenters. The number of methoxy groups -OCH3 is 3. The van der Waals surface area contributed by atoms with Gasteiger partial charge >= 0.3 is 0 Å². The molecule has 0 aromatic heterocycles. The number of hydrogen-bond acceptors (Lipinski definition) is 4. The Balaban J connectivity index is 2.04. The van der Waals surface area contributed by atoms with Gasteiger partial charge in [0.05, 0.1) is 21.3 Å². The highest BCUT2D eigenvalue weighted by atomic mass is 16.5. The minimum Gasteiger partial charge on any atom is -0.496 e. The Kier molecular flexibility index (Phi) is 5.46. The number of rotatable bonds is 7. The zero-order chi connectivity index (χ0) is 15.1. The molecule has 0 bridgehead atoms. The quantitative estimate of drug-likeness (QED) is 0.850. The normalized spacial score (nSPS) is 10.2. The van der Waals surface area contributed by atoms with Crippen molar-refractivity contribution in [1.82, 2.24) is 5.32 Å². The summed E-state index contributed by atoms with van der Waals surface area (Å²) in [5.74, 6) is 2.41. The lowest BCUT2D eigenvalue weighted by Crippen LogP contribution is -2.14. The van der Waals surface area contributed by atoms with Crippen LogP contribution < -0.4 is 19.5 Å². The zero-order valence-electron chi connectivity index (χ0n) is 12.7. The van der Waals surface area contributed by atoms with Crippen molar-refractivity contribution >= 4 is 0 Å². The van der Waals surface area contributed by atoms with Gasteiger partial charge in [-0.15, -0.1) is 0 Å². The Morgan fingerprint density at radius 3 is 2.05 bits per heavy atom. The molecule has 4 nitrogen and oxygen atoms in total. The first-order chi connectivity index (χ1) is 10.3. The van der Waals surface area contributed by atoms with Crippen molar-refractivity contribution in [2.45, 2.75) is 13.1 Å². The van der Waals surface area contributed by atoms with Gasteiger partial charge in [0, 0.05) is 24.2 Å². The van der Waals surface area contributed by atoms with Crippen LogP contribution in [0.1, 0.15) is 11.1 Å². The molecule has 0 aliphatic carbocycles. The second-order valence-electron chi connectivity index (χ2n) is 4.57. The molecule has 0 fully saturated rings. The monoisotopic (exact) mass is 287 g/mol. The van der Waals surface area contributed by atoms with E-state index < -0.39 is 0 Å². The van der Waals surface area contributed by atoms with Gasteiger partial charge in [-0.25, -0.2) is 0 Å². The van der Waals surface area contributed by atoms with Gasteiger partial charge in [0.15, 0.2) is 11.5 Å². The molecule has 2 aromatic carbocycles. The number of ether oxygens (including phenoxy) is 3. The second-order valence-corrected chi connectivity index (χ2v) is 4.57. The van der Waals surface area contributed by atoms with Crippen LogP contribution in [-0.4, -0.2) is 21.3 Å². The highest BCUT2D eigenvalue weighted by Gasteiger charge is 2.09. The van der Waals surface area contributed by atoms with Crippen molar-refractivity contribution < 1.29 is 14.2 Å². The zero-order valence-corrected chi connectivity index (χ0v) is 12.7. The summed E-state index contributed by atoms with van der Waals surface area (Å²) in [7, 11) is 4.98. The van der Waals surface area contributed by atoms with E-state index in [0.29, 0.717) is 6.54 Å². The Labute approximate surface area is 125 Å². The number of para-hydroxylation sites is 2. The van der Waals surface area contributed by atoms with Crippen LogP contribution >= 0.6 is 0 Å². The molecule has 2 aromatic rings. The van der Waals surface area contributed by atoms with E-state index in [1.54, 1.807) is 21.3 Å². The van der Waals surface area contributed by atoms with Gasteiger partial charge in [0.2, 0.25) is 0 Å². The van der Waals surface area contributed by atoms with Crippen LogP contribution in [0.3, 0.4) is 0 Å². The molecule has 4 heteroatoms. The van der Waals surface area contributed by atoms with Crippen LogP contribution in [-0.2, 0) is 13.1 Å². The molecule has 1 N–H and O–H groups in total. The third-order valence-electron chi connectivity index (χ3n) is 3.31. The average molecular weight is 287 g/mol. The molecule has 0 saturated carbocycles. The van der Waals surface area contributed by atoms with E-state index in [2.05, 4.69) is 11.4 Å². The molecule has 0 radical (unpaired) electrons. The molecule has 0 aliphatic rings. The number of nitrogens with one attached hydrogen (secondary N) is 1. The lowest BCUT2D eigenvalue weighted by molar-refractivity contribution is 0.350. The smallest absolute Gasteiger partial charge is 0.165 e. The van der Waals surface area contributed by atoms with Crippen molar-refractivity contribution in [1.29, 1.82) is 0 Å². The summed E-state index contributed by atoms with van der Waals surface area (Å²) >= 11 is 0. The molecule has 0 spiro atoms. The van der Waals surface area contributed by atoms with Crippen molar-refractivity contribution in [3.05, 3.63) is 53.6 Å². The number of hydrogen-bond donors (Lipinski definition) is 1. The summed E-state index contributed by atoms with van der Waals surface area (Å²) in [4.78, 5) is 0. The lowest BCUT2D eigenvalue weighted by atomic mass is 10.1. The highest BCUT2D eigenvalue weighted by Crippen LogP contribution is 2.30. The fraction of sp³-hybridized carbons (Fsp3) is 0.294. The van der Waals surface area contributed by atoms with Gasteiger partial charge in [-0.2, -0.15) is 0 Å². The first kappa shape index (κ1) is 15.2. The Hall–Kier alpha value is -2.20. The molecular weight excluding hydrogens is 266 g/mol. The molecule has 0 aliphatic heterocycles. The lowest BCUT2D eigenvalue weighted by Gasteiger charge is -2.14. The van der Waals surface area contributed by atoms with Gasteiger partial charge in [-0.3, -0.25) is 0 Å². The summed E-state index contributed by atoms with van der Waals surface area (Å²) in [6.07, 6.45) is 0. The predicted octanol–water partition coefficient (Wildman–Crippen LogP) is 3.00. The fourth-order valence-corrected chi connectivity index (χ4v) is 2.27. The van der Waals surface area contributed by atoms with E-state index in [-0.39, 0.29) is 0 Å². The van der Waals surface area contributed by atoms with Crippen LogP contribution in [0.15, 0.2) is 42.5 Å². The van der Waals surface area contributed by atoms with Crippen molar-refractivity contribution in [3.63, 3.8) is 0 Å². The summed E-state index contributed by atoms with van der Waals surface area (Å²) in [5, 5.41) is 3.40. The van der Waals surface area contributed by atoms with Crippen molar-refractivity contribution in [2.24, 2.45) is 0 Å². The van der Waals surface area contributed by atoms with Gasteiger partial charge in [-0.05, 0) is 12.1 Å². The van der Waals surface area contributed by atoms with E-state index in [1.807, 2.05) is 36.4 Å². The van der Waals surface area contributed by atoms with Crippen molar-refractivity contribution in [2.75, 3.05) is 21.3 Å². The predicted molar refractivity (Wildman–Crippen MR) is 83.1 cm³/mol. The van der Waals surface area contributed by atoms with Gasteiger partial charge < -0.3 is 19.5 Å². The van der Waals surface area contributed by atoms with E-state index >= 15 is 0 Å². The average Bonchev–Trinajstić information content (AvgIpc) is 2.54. The minimum atomic E-state index is 0.693. The SMILES string of the molecule is COc1ccccc1CNCc1cccc(OC)c1OC. The van der Waals surface area contributed by atoms with E-state index in [4.69, 9.17) is 14.2 Å². The van der Waals surface area contributed by atoms with E-state index in [0.717, 1.165) is 34.9 Å². The molecule has 2 rings (SSSR count). The molecule has 21 heavy (non-hydrogen) atoms. The van der Waals surface area contributed by atoms with Crippen LogP contribution in [0.2, 0.25) is 0 Å². The van der Waals surface area contributed by atoms with E-state index in [1.165, 1.54) is 0 Å². The van der Waals surface area contributed by atoms with E-state index in [9.17, 15) is 0 Å². The summed E-state index contributed by atoms with van der Waals surface area (Å²) in [5.41, 5.74) is 2.19. The topological polar surface area (TPSA) is 39.7 Å². The maximum atomic E-state index is 5.43. The third-order valence-corrected chi connectivity index (χ3v) is 3.31. The highest BCUT2D eigenvalue weighted by molar-refractivity contribution is 5.46. The molecule has 112 valence electrons. The maximum absolute atomic E-state index is 5.43. The Bertz CT molecular complexity index is 584. The maximum Gasteiger partial charge on any atom is 0.165 e. The van der Waals surface area contributed by atoms with Crippen LogP contribution in [0.25, 0.3) is 0 Å². The first-order valence-corrected chi connectivity index (χ1v) is 6.82. The molecule has 0 heterocycles. The molecule has 0 saturated heterocycles. The van der Waals surface area contributed by atoms with Crippen LogP contribution in [0.5, 0.6) is 17.2 Å². The number of benzene rings is 2. The third kappa shape index (κ3) is 3.67. The minimum absolute atomic E-state index is 0.693. The molecule has 0 amide bonds.